The maximum absolute atomic E-state index is 11.9. The molecule has 17 heavy (non-hydrogen) atoms. The van der Waals surface area contributed by atoms with Gasteiger partial charge in [-0.25, -0.2) is 0 Å². The van der Waals surface area contributed by atoms with Gasteiger partial charge in [0.05, 0.1) is 6.61 Å². The van der Waals surface area contributed by atoms with Crippen LogP contribution >= 0.6 is 31.9 Å². The van der Waals surface area contributed by atoms with Crippen molar-refractivity contribution in [2.75, 3.05) is 20.3 Å². The monoisotopic (exact) mass is 363 g/mol. The molecule has 1 N–H and O–H groups in total. The van der Waals surface area contributed by atoms with Crippen molar-refractivity contribution >= 4 is 37.8 Å². The predicted molar refractivity (Wildman–Crippen MR) is 75.2 cm³/mol. The van der Waals surface area contributed by atoms with E-state index in [4.69, 9.17) is 4.74 Å². The molecule has 5 heteroatoms. The number of halogens is 2. The Bertz CT molecular complexity index is 376. The fourth-order valence-electron chi connectivity index (χ4n) is 1.40. The molecule has 0 saturated heterocycles. The molecule has 0 saturated carbocycles. The Balaban J connectivity index is 2.58. The molecule has 0 bridgehead atoms. The van der Waals surface area contributed by atoms with Gasteiger partial charge >= 0.3 is 0 Å². The lowest BCUT2D eigenvalue weighted by Crippen LogP contribution is -2.29. The summed E-state index contributed by atoms with van der Waals surface area (Å²) in [5.41, 5.74) is 0.635. The lowest BCUT2D eigenvalue weighted by molar-refractivity contribution is 0.0934. The smallest absolute Gasteiger partial charge is 0.251 e. The molecule has 0 aromatic heterocycles. The molecule has 94 valence electrons. The van der Waals surface area contributed by atoms with Crippen LogP contribution < -0.4 is 5.32 Å². The topological polar surface area (TPSA) is 38.3 Å². The highest BCUT2D eigenvalue weighted by atomic mass is 79.9. The molecule has 1 aromatic rings. The number of amides is 1. The molecule has 1 amide bonds. The third-order valence-corrected chi connectivity index (χ3v) is 3.10. The third kappa shape index (κ3) is 5.19. The Morgan fingerprint density at radius 3 is 2.47 bits per heavy atom. The lowest BCUT2D eigenvalue weighted by atomic mass is 10.1. The van der Waals surface area contributed by atoms with Crippen molar-refractivity contribution in [2.24, 2.45) is 5.92 Å². The first-order valence-corrected chi connectivity index (χ1v) is 6.84. The van der Waals surface area contributed by atoms with E-state index in [0.29, 0.717) is 24.6 Å². The van der Waals surface area contributed by atoms with Crippen LogP contribution in [0.3, 0.4) is 0 Å². The number of benzene rings is 1. The van der Waals surface area contributed by atoms with Gasteiger partial charge in [0.25, 0.3) is 5.91 Å². The van der Waals surface area contributed by atoms with Crippen LogP contribution in [0.5, 0.6) is 0 Å². The van der Waals surface area contributed by atoms with Crippen LogP contribution in [0.4, 0.5) is 0 Å². The molecule has 0 aliphatic heterocycles. The average Bonchev–Trinajstić information content (AvgIpc) is 2.25. The van der Waals surface area contributed by atoms with E-state index < -0.39 is 0 Å². The van der Waals surface area contributed by atoms with E-state index in [1.165, 1.54) is 0 Å². The molecule has 0 aliphatic carbocycles. The second-order valence-electron chi connectivity index (χ2n) is 3.93. The Labute approximate surface area is 118 Å². The molecule has 0 fully saturated rings. The van der Waals surface area contributed by atoms with Crippen LogP contribution in [-0.4, -0.2) is 26.2 Å². The maximum atomic E-state index is 11.9. The normalized spacial score (nSPS) is 12.2. The molecule has 0 aliphatic rings. The molecule has 3 nitrogen and oxygen atoms in total. The number of carbonyl (C=O) groups excluding carboxylic acids is 1. The van der Waals surface area contributed by atoms with E-state index in [1.54, 1.807) is 19.2 Å². The van der Waals surface area contributed by atoms with Gasteiger partial charge in [-0.15, -0.1) is 0 Å². The molecule has 0 spiro atoms. The molecule has 1 aromatic carbocycles. The van der Waals surface area contributed by atoms with Crippen LogP contribution in [0, 0.1) is 5.92 Å². The Morgan fingerprint density at radius 1 is 1.35 bits per heavy atom. The Morgan fingerprint density at radius 2 is 1.94 bits per heavy atom. The van der Waals surface area contributed by atoms with Crippen molar-refractivity contribution in [2.45, 2.75) is 6.92 Å². The zero-order chi connectivity index (χ0) is 12.8. The van der Waals surface area contributed by atoms with Gasteiger partial charge in [-0.1, -0.05) is 38.8 Å². The van der Waals surface area contributed by atoms with Gasteiger partial charge < -0.3 is 10.1 Å². The summed E-state index contributed by atoms with van der Waals surface area (Å²) in [6.07, 6.45) is 0. The second kappa shape index (κ2) is 7.13. The maximum Gasteiger partial charge on any atom is 0.251 e. The molecular formula is C12H15Br2NO2. The van der Waals surface area contributed by atoms with Gasteiger partial charge in [-0.3, -0.25) is 4.79 Å². The van der Waals surface area contributed by atoms with E-state index in [-0.39, 0.29) is 5.91 Å². The first kappa shape index (κ1) is 14.7. The number of nitrogens with one attached hydrogen (secondary N) is 1. The molecule has 1 unspecified atom stereocenters. The number of carbonyl (C=O) groups is 1. The highest BCUT2D eigenvalue weighted by Gasteiger charge is 2.09. The fourth-order valence-corrected chi connectivity index (χ4v) is 2.69. The standard InChI is InChI=1S/C12H15Br2NO2/c1-8(7-17-2)6-15-12(16)9-3-10(13)5-11(14)4-9/h3-5,8H,6-7H2,1-2H3,(H,15,16). The summed E-state index contributed by atoms with van der Waals surface area (Å²) in [6, 6.07) is 5.48. The minimum atomic E-state index is -0.0741. The summed E-state index contributed by atoms with van der Waals surface area (Å²) >= 11 is 6.71. The molecule has 0 radical (unpaired) electrons. The number of rotatable bonds is 5. The van der Waals surface area contributed by atoms with E-state index >= 15 is 0 Å². The first-order chi connectivity index (χ1) is 8.02. The summed E-state index contributed by atoms with van der Waals surface area (Å²) in [6.45, 7) is 3.28. The van der Waals surface area contributed by atoms with E-state index in [0.717, 1.165) is 8.95 Å². The fraction of sp³-hybridized carbons (Fsp3) is 0.417. The third-order valence-electron chi connectivity index (χ3n) is 2.19. The van der Waals surface area contributed by atoms with Gasteiger partial charge in [-0.2, -0.15) is 0 Å². The van der Waals surface area contributed by atoms with Gasteiger partial charge in [0, 0.05) is 28.2 Å². The zero-order valence-electron chi connectivity index (χ0n) is 9.80. The summed E-state index contributed by atoms with van der Waals surface area (Å²) in [4.78, 5) is 11.9. The first-order valence-electron chi connectivity index (χ1n) is 5.26. The molecular weight excluding hydrogens is 350 g/mol. The van der Waals surface area contributed by atoms with Crippen molar-refractivity contribution in [3.8, 4) is 0 Å². The van der Waals surface area contributed by atoms with Crippen LogP contribution in [0.25, 0.3) is 0 Å². The summed E-state index contributed by atoms with van der Waals surface area (Å²) in [5, 5.41) is 2.88. The molecule has 0 heterocycles. The van der Waals surface area contributed by atoms with Gasteiger partial charge in [0.2, 0.25) is 0 Å². The Kier molecular flexibility index (Phi) is 6.16. The van der Waals surface area contributed by atoms with Crippen molar-refractivity contribution < 1.29 is 9.53 Å². The van der Waals surface area contributed by atoms with Crippen LogP contribution in [0.2, 0.25) is 0 Å². The Hall–Kier alpha value is -0.390. The van der Waals surface area contributed by atoms with Crippen molar-refractivity contribution in [1.29, 1.82) is 0 Å². The van der Waals surface area contributed by atoms with Gasteiger partial charge in [-0.05, 0) is 24.1 Å². The van der Waals surface area contributed by atoms with Crippen LogP contribution in [0.15, 0.2) is 27.1 Å². The second-order valence-corrected chi connectivity index (χ2v) is 5.76. The van der Waals surface area contributed by atoms with Crippen LogP contribution in [0.1, 0.15) is 17.3 Å². The number of hydrogen-bond acceptors (Lipinski definition) is 2. The minimum absolute atomic E-state index is 0.0741. The van der Waals surface area contributed by atoms with Crippen molar-refractivity contribution in [1.82, 2.24) is 5.32 Å². The average molecular weight is 365 g/mol. The zero-order valence-corrected chi connectivity index (χ0v) is 13.0. The van der Waals surface area contributed by atoms with E-state index in [1.807, 2.05) is 13.0 Å². The van der Waals surface area contributed by atoms with E-state index in [9.17, 15) is 4.79 Å². The number of methoxy groups -OCH3 is 1. The minimum Gasteiger partial charge on any atom is -0.384 e. The highest BCUT2D eigenvalue weighted by molar-refractivity contribution is 9.11. The SMILES string of the molecule is COCC(C)CNC(=O)c1cc(Br)cc(Br)c1. The van der Waals surface area contributed by atoms with Crippen molar-refractivity contribution in [3.05, 3.63) is 32.7 Å². The number of hydrogen-bond donors (Lipinski definition) is 1. The van der Waals surface area contributed by atoms with Crippen molar-refractivity contribution in [3.63, 3.8) is 0 Å². The lowest BCUT2D eigenvalue weighted by Gasteiger charge is -2.11. The summed E-state index contributed by atoms with van der Waals surface area (Å²) in [7, 11) is 1.66. The quantitative estimate of drug-likeness (QED) is 0.871. The van der Waals surface area contributed by atoms with Gasteiger partial charge in [0.15, 0.2) is 0 Å². The van der Waals surface area contributed by atoms with Gasteiger partial charge in [0.1, 0.15) is 0 Å². The largest absolute Gasteiger partial charge is 0.384 e. The predicted octanol–water partition coefficient (Wildman–Crippen LogP) is 3.22. The molecule has 1 rings (SSSR count). The summed E-state index contributed by atoms with van der Waals surface area (Å²) in [5.74, 6) is 0.231. The van der Waals surface area contributed by atoms with Crippen LogP contribution in [-0.2, 0) is 4.74 Å². The number of ether oxygens (including phenoxy) is 1. The highest BCUT2D eigenvalue weighted by Crippen LogP contribution is 2.20. The summed E-state index contributed by atoms with van der Waals surface area (Å²) < 4.78 is 6.77. The molecule has 1 atom stereocenters. The van der Waals surface area contributed by atoms with E-state index in [2.05, 4.69) is 37.2 Å².